The minimum atomic E-state index is -3.61. The van der Waals surface area contributed by atoms with E-state index in [9.17, 15) is 13.2 Å². The fraction of sp³-hybridized carbons (Fsp3) is 0.471. The van der Waals surface area contributed by atoms with Gasteiger partial charge in [-0.25, -0.2) is 17.9 Å². The molecule has 0 radical (unpaired) electrons. The summed E-state index contributed by atoms with van der Waals surface area (Å²) >= 11 is 0. The van der Waals surface area contributed by atoms with Crippen LogP contribution in [0.5, 0.6) is 0 Å². The first-order valence-electron chi connectivity index (χ1n) is 7.71. The molecule has 1 rings (SSSR count). The zero-order valence-electron chi connectivity index (χ0n) is 14.5. The molecule has 24 heavy (non-hydrogen) atoms. The number of carbonyl (C=O) groups excluding carboxylic acids is 1. The van der Waals surface area contributed by atoms with Crippen molar-refractivity contribution in [2.75, 3.05) is 13.7 Å². The second kappa shape index (κ2) is 9.44. The van der Waals surface area contributed by atoms with Crippen molar-refractivity contribution in [3.63, 3.8) is 0 Å². The summed E-state index contributed by atoms with van der Waals surface area (Å²) in [5, 5.41) is 0. The number of aryl methyl sites for hydroxylation is 1. The van der Waals surface area contributed by atoms with Crippen molar-refractivity contribution in [2.24, 2.45) is 5.92 Å². The van der Waals surface area contributed by atoms with Crippen LogP contribution in [0.2, 0.25) is 0 Å². The predicted molar refractivity (Wildman–Crippen MR) is 92.2 cm³/mol. The molecule has 6 nitrogen and oxygen atoms in total. The highest BCUT2D eigenvalue weighted by molar-refractivity contribution is 7.89. The molecule has 1 atom stereocenters. The monoisotopic (exact) mass is 355 g/mol. The highest BCUT2D eigenvalue weighted by Gasteiger charge is 2.19. The molecular formula is C17H25NO5S. The molecule has 1 aromatic carbocycles. The first-order valence-corrected chi connectivity index (χ1v) is 9.19. The van der Waals surface area contributed by atoms with Gasteiger partial charge in [-0.2, -0.15) is 0 Å². The van der Waals surface area contributed by atoms with Gasteiger partial charge < -0.3 is 9.47 Å². The van der Waals surface area contributed by atoms with Crippen LogP contribution in [0.1, 0.15) is 25.8 Å². The Labute approximate surface area is 143 Å². The van der Waals surface area contributed by atoms with E-state index in [4.69, 9.17) is 4.74 Å². The van der Waals surface area contributed by atoms with Gasteiger partial charge in [0.15, 0.2) is 0 Å². The van der Waals surface area contributed by atoms with Crippen LogP contribution >= 0.6 is 0 Å². The van der Waals surface area contributed by atoms with Crippen molar-refractivity contribution in [2.45, 2.75) is 38.1 Å². The van der Waals surface area contributed by atoms with Crippen molar-refractivity contribution in [1.29, 1.82) is 0 Å². The molecule has 0 fully saturated rings. The quantitative estimate of drug-likeness (QED) is 0.572. The Bertz CT molecular complexity index is 650. The van der Waals surface area contributed by atoms with Gasteiger partial charge in [0, 0.05) is 6.04 Å². The Morgan fingerprint density at radius 2 is 1.88 bits per heavy atom. The maximum absolute atomic E-state index is 12.5. The summed E-state index contributed by atoms with van der Waals surface area (Å²) in [5.41, 5.74) is 0.993. The van der Waals surface area contributed by atoms with Crippen LogP contribution in [0.25, 0.3) is 0 Å². The largest absolute Gasteiger partial charge is 0.508 e. The third-order valence-electron chi connectivity index (χ3n) is 3.20. The van der Waals surface area contributed by atoms with Crippen LogP contribution in [0.4, 0.5) is 4.79 Å². The molecule has 0 unspecified atom stereocenters. The molecule has 0 heterocycles. The number of hydrogen-bond acceptors (Lipinski definition) is 5. The number of methoxy groups -OCH3 is 1. The molecule has 1 aromatic rings. The van der Waals surface area contributed by atoms with E-state index >= 15 is 0 Å². The number of rotatable bonds is 8. The molecule has 1 N–H and O–H groups in total. The number of ether oxygens (including phenoxy) is 2. The second-order valence-electron chi connectivity index (χ2n) is 5.86. The van der Waals surface area contributed by atoms with E-state index in [0.29, 0.717) is 12.3 Å². The summed E-state index contributed by atoms with van der Waals surface area (Å²) < 4.78 is 36.7. The van der Waals surface area contributed by atoms with Crippen molar-refractivity contribution < 1.29 is 22.7 Å². The maximum atomic E-state index is 12.5. The Morgan fingerprint density at radius 1 is 1.25 bits per heavy atom. The summed E-state index contributed by atoms with van der Waals surface area (Å²) in [4.78, 5) is 11.1. The number of nitrogens with one attached hydrogen (secondary N) is 1. The maximum Gasteiger partial charge on any atom is 0.508 e. The number of carbonyl (C=O) groups is 1. The molecule has 0 aromatic heterocycles. The predicted octanol–water partition coefficient (Wildman–Crippen LogP) is 3.03. The van der Waals surface area contributed by atoms with Crippen LogP contribution in [0.3, 0.4) is 0 Å². The lowest BCUT2D eigenvalue weighted by atomic mass is 10.0. The Kier molecular flexibility index (Phi) is 7.94. The van der Waals surface area contributed by atoms with E-state index < -0.39 is 22.2 Å². The smallest absolute Gasteiger partial charge is 0.438 e. The molecule has 0 aliphatic rings. The molecule has 134 valence electrons. The van der Waals surface area contributed by atoms with Gasteiger partial charge in [-0.15, -0.1) is 0 Å². The fourth-order valence-corrected chi connectivity index (χ4v) is 3.26. The van der Waals surface area contributed by atoms with Crippen LogP contribution in [-0.2, 0) is 19.5 Å². The van der Waals surface area contributed by atoms with Gasteiger partial charge in [0.2, 0.25) is 10.0 Å². The van der Waals surface area contributed by atoms with Crippen LogP contribution in [0, 0.1) is 12.8 Å². The van der Waals surface area contributed by atoms with Crippen molar-refractivity contribution in [3.8, 4) is 0 Å². The average molecular weight is 355 g/mol. The lowest BCUT2D eigenvalue weighted by Gasteiger charge is -2.17. The Balaban J connectivity index is 2.79. The van der Waals surface area contributed by atoms with E-state index in [1.54, 1.807) is 36.4 Å². The fourth-order valence-electron chi connectivity index (χ4n) is 2.05. The van der Waals surface area contributed by atoms with Crippen molar-refractivity contribution in [3.05, 3.63) is 42.0 Å². The first-order chi connectivity index (χ1) is 11.2. The first kappa shape index (κ1) is 20.2. The molecule has 0 saturated carbocycles. The molecule has 0 aliphatic carbocycles. The summed E-state index contributed by atoms with van der Waals surface area (Å²) in [6.45, 7) is 5.93. The SMILES string of the molecule is COC(=O)OC/C=C/[C@H](CC(C)C)NS(=O)(=O)c1ccc(C)cc1. The molecule has 0 saturated heterocycles. The van der Waals surface area contributed by atoms with Gasteiger partial charge in [0.05, 0.1) is 12.0 Å². The minimum Gasteiger partial charge on any atom is -0.438 e. The molecule has 0 amide bonds. The zero-order chi connectivity index (χ0) is 18.2. The van der Waals surface area contributed by atoms with Gasteiger partial charge in [0.25, 0.3) is 0 Å². The van der Waals surface area contributed by atoms with E-state index in [1.165, 1.54) is 7.11 Å². The molecule has 7 heteroatoms. The average Bonchev–Trinajstić information content (AvgIpc) is 2.50. The number of sulfonamides is 1. The van der Waals surface area contributed by atoms with Crippen molar-refractivity contribution >= 4 is 16.2 Å². The highest BCUT2D eigenvalue weighted by atomic mass is 32.2. The Hall–Kier alpha value is -1.86. The van der Waals surface area contributed by atoms with Gasteiger partial charge in [-0.3, -0.25) is 0 Å². The van der Waals surface area contributed by atoms with Gasteiger partial charge in [-0.1, -0.05) is 37.6 Å². The normalized spacial score (nSPS) is 13.2. The molecule has 0 aliphatic heterocycles. The van der Waals surface area contributed by atoms with E-state index in [0.717, 1.165) is 5.56 Å². The van der Waals surface area contributed by atoms with Gasteiger partial charge in [-0.05, 0) is 37.5 Å². The van der Waals surface area contributed by atoms with E-state index in [-0.39, 0.29) is 11.5 Å². The van der Waals surface area contributed by atoms with Crippen LogP contribution in [0.15, 0.2) is 41.3 Å². The molecule has 0 bridgehead atoms. The summed E-state index contributed by atoms with van der Waals surface area (Å²) in [5.74, 6) is 0.293. The summed E-state index contributed by atoms with van der Waals surface area (Å²) in [6, 6.07) is 6.28. The van der Waals surface area contributed by atoms with Gasteiger partial charge in [0.1, 0.15) is 6.61 Å². The lowest BCUT2D eigenvalue weighted by molar-refractivity contribution is 0.0817. The Morgan fingerprint density at radius 3 is 2.42 bits per heavy atom. The zero-order valence-corrected chi connectivity index (χ0v) is 15.3. The topological polar surface area (TPSA) is 81.7 Å². The third kappa shape index (κ3) is 7.14. The summed E-state index contributed by atoms with van der Waals surface area (Å²) in [7, 11) is -2.39. The lowest BCUT2D eigenvalue weighted by Crippen LogP contribution is -2.34. The van der Waals surface area contributed by atoms with E-state index in [1.807, 2.05) is 20.8 Å². The standard InChI is InChI=1S/C17H25NO5S/c1-13(2)12-15(6-5-11-23-17(19)22-4)18-24(20,21)16-9-7-14(3)8-10-16/h5-10,13,15,18H,11-12H2,1-4H3/b6-5+/t15-/m1/s1. The van der Waals surface area contributed by atoms with E-state index in [2.05, 4.69) is 9.46 Å². The third-order valence-corrected chi connectivity index (χ3v) is 4.70. The van der Waals surface area contributed by atoms with Gasteiger partial charge >= 0.3 is 6.16 Å². The van der Waals surface area contributed by atoms with Crippen LogP contribution in [-0.4, -0.2) is 34.3 Å². The van der Waals surface area contributed by atoms with Crippen molar-refractivity contribution in [1.82, 2.24) is 4.72 Å². The number of benzene rings is 1. The second-order valence-corrected chi connectivity index (χ2v) is 7.58. The summed E-state index contributed by atoms with van der Waals surface area (Å²) in [6.07, 6.45) is 3.14. The number of hydrogen-bond donors (Lipinski definition) is 1. The highest BCUT2D eigenvalue weighted by Crippen LogP contribution is 2.13. The molecular weight excluding hydrogens is 330 g/mol. The van der Waals surface area contributed by atoms with Crippen LogP contribution < -0.4 is 4.72 Å². The molecule has 0 spiro atoms. The minimum absolute atomic E-state index is 0.0214.